The highest BCUT2D eigenvalue weighted by Gasteiger charge is 1.99. The molecule has 0 fully saturated rings. The molecule has 2 aromatic rings. The van der Waals surface area contributed by atoms with E-state index in [1.165, 1.54) is 16.5 Å². The van der Waals surface area contributed by atoms with Gasteiger partial charge in [0.2, 0.25) is 0 Å². The van der Waals surface area contributed by atoms with E-state index in [4.69, 9.17) is 0 Å². The highest BCUT2D eigenvalue weighted by Crippen LogP contribution is 2.18. The van der Waals surface area contributed by atoms with Crippen molar-refractivity contribution in [2.45, 2.75) is 20.8 Å². The van der Waals surface area contributed by atoms with Crippen molar-refractivity contribution >= 4 is 17.0 Å². The molecule has 2 nitrogen and oxygen atoms in total. The van der Waals surface area contributed by atoms with Gasteiger partial charge in [0, 0.05) is 18.1 Å². The van der Waals surface area contributed by atoms with Crippen LogP contribution in [0.4, 0.5) is 0 Å². The van der Waals surface area contributed by atoms with Gasteiger partial charge in [-0.05, 0) is 37.1 Å². The first-order chi connectivity index (χ1) is 9.16. The van der Waals surface area contributed by atoms with Crippen molar-refractivity contribution < 1.29 is 0 Å². The highest BCUT2D eigenvalue weighted by atomic mass is 14.8. The molecule has 100 valence electrons. The molecule has 0 atom stereocenters. The summed E-state index contributed by atoms with van der Waals surface area (Å²) in [5.41, 5.74) is 3.64. The van der Waals surface area contributed by atoms with Crippen LogP contribution in [0.5, 0.6) is 0 Å². The van der Waals surface area contributed by atoms with Gasteiger partial charge in [0.05, 0.1) is 5.52 Å². The minimum Gasteiger partial charge on any atom is -0.313 e. The molecule has 2 heteroatoms. The molecule has 19 heavy (non-hydrogen) atoms. The average molecular weight is 254 g/mol. The van der Waals surface area contributed by atoms with Crippen LogP contribution in [0.1, 0.15) is 26.3 Å². The maximum absolute atomic E-state index is 4.39. The minimum atomic E-state index is 0.689. The molecular formula is C17H22N2. The zero-order chi connectivity index (χ0) is 13.7. The van der Waals surface area contributed by atoms with Crippen molar-refractivity contribution in [3.63, 3.8) is 0 Å². The Morgan fingerprint density at radius 2 is 2.05 bits per heavy atom. The summed E-state index contributed by atoms with van der Waals surface area (Å²) in [5.74, 6) is 0.689. The number of pyridine rings is 1. The normalized spacial score (nSPS) is 12.3. The lowest BCUT2D eigenvalue weighted by Gasteiger charge is -2.08. The molecule has 0 saturated heterocycles. The number of benzene rings is 1. The monoisotopic (exact) mass is 254 g/mol. The maximum Gasteiger partial charge on any atom is 0.0707 e. The summed E-state index contributed by atoms with van der Waals surface area (Å²) in [6, 6.07) is 10.4. The van der Waals surface area contributed by atoms with Crippen molar-refractivity contribution in [1.29, 1.82) is 0 Å². The average Bonchev–Trinajstić information content (AvgIpc) is 2.39. The standard InChI is InChI=1S/C17H22N2/c1-13(2)11-18-12-14(3)10-15-8-9-19-17-7-5-4-6-16(15)17/h4-10,13,18H,11-12H2,1-3H3. The minimum absolute atomic E-state index is 0.689. The fourth-order valence-electron chi connectivity index (χ4n) is 2.12. The van der Waals surface area contributed by atoms with Gasteiger partial charge in [-0.3, -0.25) is 4.98 Å². The summed E-state index contributed by atoms with van der Waals surface area (Å²) in [4.78, 5) is 4.39. The molecule has 1 heterocycles. The molecule has 0 saturated carbocycles. The van der Waals surface area contributed by atoms with Gasteiger partial charge in [-0.2, -0.15) is 0 Å². The van der Waals surface area contributed by atoms with Crippen molar-refractivity contribution in [3.8, 4) is 0 Å². The summed E-state index contributed by atoms with van der Waals surface area (Å²) in [6.07, 6.45) is 4.13. The number of nitrogens with zero attached hydrogens (tertiary/aromatic N) is 1. The van der Waals surface area contributed by atoms with Crippen LogP contribution in [0.2, 0.25) is 0 Å². The molecular weight excluding hydrogens is 232 g/mol. The summed E-state index contributed by atoms with van der Waals surface area (Å²) >= 11 is 0. The molecule has 0 bridgehead atoms. The van der Waals surface area contributed by atoms with Gasteiger partial charge in [-0.25, -0.2) is 0 Å². The second-order valence-electron chi connectivity index (χ2n) is 5.43. The van der Waals surface area contributed by atoms with Crippen molar-refractivity contribution in [3.05, 3.63) is 47.7 Å². The van der Waals surface area contributed by atoms with E-state index < -0.39 is 0 Å². The predicted molar refractivity (Wildman–Crippen MR) is 83.1 cm³/mol. The number of hydrogen-bond acceptors (Lipinski definition) is 2. The topological polar surface area (TPSA) is 24.9 Å². The summed E-state index contributed by atoms with van der Waals surface area (Å²) < 4.78 is 0. The molecule has 0 unspecified atom stereocenters. The molecule has 0 amide bonds. The van der Waals surface area contributed by atoms with Crippen LogP contribution in [-0.2, 0) is 0 Å². The van der Waals surface area contributed by atoms with Crippen LogP contribution in [0.15, 0.2) is 42.1 Å². The van der Waals surface area contributed by atoms with Gasteiger partial charge in [0.1, 0.15) is 0 Å². The van der Waals surface area contributed by atoms with Crippen LogP contribution in [0.3, 0.4) is 0 Å². The first-order valence-corrected chi connectivity index (χ1v) is 6.88. The molecule has 1 N–H and O–H groups in total. The highest BCUT2D eigenvalue weighted by molar-refractivity contribution is 5.87. The molecule has 2 rings (SSSR count). The first-order valence-electron chi connectivity index (χ1n) is 6.88. The smallest absolute Gasteiger partial charge is 0.0707 e. The third-order valence-electron chi connectivity index (χ3n) is 3.04. The number of para-hydroxylation sites is 1. The Labute approximate surface area is 115 Å². The van der Waals surface area contributed by atoms with E-state index in [1.807, 2.05) is 12.3 Å². The largest absolute Gasteiger partial charge is 0.313 e. The lowest BCUT2D eigenvalue weighted by molar-refractivity contribution is 0.572. The van der Waals surface area contributed by atoms with Gasteiger partial charge in [0.15, 0.2) is 0 Å². The van der Waals surface area contributed by atoms with E-state index in [0.29, 0.717) is 5.92 Å². The summed E-state index contributed by atoms with van der Waals surface area (Å²) in [7, 11) is 0. The second kappa shape index (κ2) is 6.48. The molecule has 0 aliphatic heterocycles. The van der Waals surface area contributed by atoms with Gasteiger partial charge in [-0.1, -0.05) is 43.7 Å². The quantitative estimate of drug-likeness (QED) is 0.875. The molecule has 1 aromatic heterocycles. The zero-order valence-electron chi connectivity index (χ0n) is 12.0. The molecule has 0 radical (unpaired) electrons. The number of nitrogens with one attached hydrogen (secondary N) is 1. The van der Waals surface area contributed by atoms with Crippen LogP contribution < -0.4 is 5.32 Å². The van der Waals surface area contributed by atoms with Crippen LogP contribution in [0.25, 0.3) is 17.0 Å². The first kappa shape index (κ1) is 13.8. The van der Waals surface area contributed by atoms with Crippen molar-refractivity contribution in [2.24, 2.45) is 5.92 Å². The Balaban J connectivity index is 2.15. The van der Waals surface area contributed by atoms with Gasteiger partial charge >= 0.3 is 0 Å². The molecule has 0 aliphatic rings. The van der Waals surface area contributed by atoms with E-state index in [9.17, 15) is 0 Å². The number of rotatable bonds is 5. The molecule has 1 aromatic carbocycles. The lowest BCUT2D eigenvalue weighted by atomic mass is 10.1. The second-order valence-corrected chi connectivity index (χ2v) is 5.43. The SMILES string of the molecule is CC(=Cc1ccnc2ccccc12)CNCC(C)C. The number of hydrogen-bond donors (Lipinski definition) is 1. The van der Waals surface area contributed by atoms with E-state index in [-0.39, 0.29) is 0 Å². The van der Waals surface area contributed by atoms with Crippen molar-refractivity contribution in [2.75, 3.05) is 13.1 Å². The number of fused-ring (bicyclic) bond motifs is 1. The van der Waals surface area contributed by atoms with E-state index in [0.717, 1.165) is 18.6 Å². The van der Waals surface area contributed by atoms with E-state index in [1.54, 1.807) is 0 Å². The van der Waals surface area contributed by atoms with Crippen molar-refractivity contribution in [1.82, 2.24) is 10.3 Å². The summed E-state index contributed by atoms with van der Waals surface area (Å²) in [5, 5.41) is 4.68. The lowest BCUT2D eigenvalue weighted by Crippen LogP contribution is -2.21. The Morgan fingerprint density at radius 3 is 2.84 bits per heavy atom. The fourth-order valence-corrected chi connectivity index (χ4v) is 2.12. The third-order valence-corrected chi connectivity index (χ3v) is 3.04. The Morgan fingerprint density at radius 1 is 1.26 bits per heavy atom. The predicted octanol–water partition coefficient (Wildman–Crippen LogP) is 3.88. The van der Waals surface area contributed by atoms with Crippen LogP contribution >= 0.6 is 0 Å². The Kier molecular flexibility index (Phi) is 4.69. The third kappa shape index (κ3) is 3.90. The van der Waals surface area contributed by atoms with Crippen LogP contribution in [0, 0.1) is 5.92 Å². The van der Waals surface area contributed by atoms with Gasteiger partial charge in [-0.15, -0.1) is 0 Å². The van der Waals surface area contributed by atoms with E-state index in [2.05, 4.69) is 61.4 Å². The Hall–Kier alpha value is -1.67. The van der Waals surface area contributed by atoms with Crippen LogP contribution in [-0.4, -0.2) is 18.1 Å². The fraction of sp³-hybridized carbons (Fsp3) is 0.353. The Bertz CT molecular complexity index is 565. The van der Waals surface area contributed by atoms with Gasteiger partial charge in [0.25, 0.3) is 0 Å². The summed E-state index contributed by atoms with van der Waals surface area (Å²) in [6.45, 7) is 8.62. The maximum atomic E-state index is 4.39. The van der Waals surface area contributed by atoms with Gasteiger partial charge < -0.3 is 5.32 Å². The zero-order valence-corrected chi connectivity index (χ0v) is 12.0. The number of aromatic nitrogens is 1. The molecule has 0 spiro atoms. The van der Waals surface area contributed by atoms with E-state index >= 15 is 0 Å². The molecule has 0 aliphatic carbocycles.